The summed E-state index contributed by atoms with van der Waals surface area (Å²) in [6.45, 7) is 1.60. The van der Waals surface area contributed by atoms with Crippen LogP contribution in [0.1, 0.15) is 30.7 Å². The van der Waals surface area contributed by atoms with E-state index in [1.807, 2.05) is 6.07 Å². The summed E-state index contributed by atoms with van der Waals surface area (Å²) in [4.78, 5) is 0. The predicted molar refractivity (Wildman–Crippen MR) is 64.4 cm³/mol. The van der Waals surface area contributed by atoms with Crippen LogP contribution in [0.25, 0.3) is 0 Å². The maximum absolute atomic E-state index is 13.6. The third-order valence-corrected chi connectivity index (χ3v) is 3.52. The Balaban J connectivity index is 2.03. The number of hydrogen-bond acceptors (Lipinski definition) is 2. The summed E-state index contributed by atoms with van der Waals surface area (Å²) < 4.78 is 19.0. The molecule has 1 unspecified atom stereocenters. The number of halogens is 1. The average molecular weight is 238 g/mol. The summed E-state index contributed by atoms with van der Waals surface area (Å²) in [5, 5.41) is 9.44. The van der Waals surface area contributed by atoms with Crippen molar-refractivity contribution in [3.05, 3.63) is 35.6 Å². The van der Waals surface area contributed by atoms with Crippen LogP contribution >= 0.6 is 0 Å². The first kappa shape index (κ1) is 12.5. The molecule has 0 spiro atoms. The summed E-state index contributed by atoms with van der Waals surface area (Å²) in [7, 11) is 0. The lowest BCUT2D eigenvalue weighted by Crippen LogP contribution is -2.19. The second-order valence-corrected chi connectivity index (χ2v) is 4.69. The molecule has 1 fully saturated rings. The zero-order valence-corrected chi connectivity index (χ0v) is 9.94. The van der Waals surface area contributed by atoms with Gasteiger partial charge in [0.05, 0.1) is 6.61 Å². The Morgan fingerprint density at radius 3 is 2.65 bits per heavy atom. The van der Waals surface area contributed by atoms with Crippen LogP contribution in [0.5, 0.6) is 0 Å². The zero-order valence-electron chi connectivity index (χ0n) is 9.94. The Kier molecular flexibility index (Phi) is 4.51. The van der Waals surface area contributed by atoms with Crippen molar-refractivity contribution in [2.24, 2.45) is 5.92 Å². The highest BCUT2D eigenvalue weighted by Gasteiger charge is 2.21. The van der Waals surface area contributed by atoms with Crippen LogP contribution in [0.15, 0.2) is 24.3 Å². The molecule has 2 nitrogen and oxygen atoms in total. The molecule has 0 aliphatic carbocycles. The Hall–Kier alpha value is -0.930. The third kappa shape index (κ3) is 3.27. The number of hydrogen-bond donors (Lipinski definition) is 1. The zero-order chi connectivity index (χ0) is 12.1. The van der Waals surface area contributed by atoms with Crippen molar-refractivity contribution in [2.45, 2.75) is 25.2 Å². The molecule has 0 amide bonds. The first-order chi connectivity index (χ1) is 8.31. The summed E-state index contributed by atoms with van der Waals surface area (Å²) in [6.07, 6.45) is 2.89. The Labute approximate surface area is 101 Å². The fourth-order valence-electron chi connectivity index (χ4n) is 2.49. The average Bonchev–Trinajstić information content (AvgIpc) is 2.38. The minimum absolute atomic E-state index is 0.0122. The molecule has 0 saturated carbocycles. The van der Waals surface area contributed by atoms with Gasteiger partial charge in [0.2, 0.25) is 0 Å². The van der Waals surface area contributed by atoms with Crippen molar-refractivity contribution in [3.63, 3.8) is 0 Å². The SMILES string of the molecule is OCC(CC1CCOCC1)c1ccccc1F. The predicted octanol–water partition coefficient (Wildman–Crippen LogP) is 2.72. The fourth-order valence-corrected chi connectivity index (χ4v) is 2.49. The van der Waals surface area contributed by atoms with Crippen LogP contribution < -0.4 is 0 Å². The topological polar surface area (TPSA) is 29.5 Å². The number of aliphatic hydroxyl groups is 1. The van der Waals surface area contributed by atoms with Gasteiger partial charge in [0.25, 0.3) is 0 Å². The molecule has 3 heteroatoms. The third-order valence-electron chi connectivity index (χ3n) is 3.52. The summed E-state index contributed by atoms with van der Waals surface area (Å²) in [6, 6.07) is 6.74. The monoisotopic (exact) mass is 238 g/mol. The van der Waals surface area contributed by atoms with Gasteiger partial charge in [-0.3, -0.25) is 0 Å². The maximum atomic E-state index is 13.6. The second-order valence-electron chi connectivity index (χ2n) is 4.69. The molecule has 0 aromatic heterocycles. The minimum Gasteiger partial charge on any atom is -0.396 e. The number of aliphatic hydroxyl groups excluding tert-OH is 1. The molecular formula is C14H19FO2. The minimum atomic E-state index is -0.210. The largest absolute Gasteiger partial charge is 0.396 e. The molecule has 1 atom stereocenters. The molecule has 1 heterocycles. The Morgan fingerprint density at radius 1 is 1.29 bits per heavy atom. The number of benzene rings is 1. The number of ether oxygens (including phenoxy) is 1. The highest BCUT2D eigenvalue weighted by molar-refractivity contribution is 5.21. The molecule has 17 heavy (non-hydrogen) atoms. The van der Waals surface area contributed by atoms with Gasteiger partial charge in [0.1, 0.15) is 5.82 Å². The van der Waals surface area contributed by atoms with Crippen molar-refractivity contribution >= 4 is 0 Å². The quantitative estimate of drug-likeness (QED) is 0.874. The van der Waals surface area contributed by atoms with E-state index in [9.17, 15) is 9.50 Å². The van der Waals surface area contributed by atoms with E-state index < -0.39 is 0 Å². The van der Waals surface area contributed by atoms with Gasteiger partial charge >= 0.3 is 0 Å². The van der Waals surface area contributed by atoms with Crippen LogP contribution in [-0.4, -0.2) is 24.9 Å². The van der Waals surface area contributed by atoms with Crippen molar-refractivity contribution in [2.75, 3.05) is 19.8 Å². The van der Waals surface area contributed by atoms with E-state index in [4.69, 9.17) is 4.74 Å². The molecule has 2 rings (SSSR count). The van der Waals surface area contributed by atoms with Crippen LogP contribution in [0.2, 0.25) is 0 Å². The van der Waals surface area contributed by atoms with Gasteiger partial charge in [0.15, 0.2) is 0 Å². The van der Waals surface area contributed by atoms with Gasteiger partial charge in [-0.05, 0) is 36.8 Å². The normalized spacial score (nSPS) is 19.2. The Morgan fingerprint density at radius 2 is 2.00 bits per heavy atom. The molecule has 1 N–H and O–H groups in total. The lowest BCUT2D eigenvalue weighted by Gasteiger charge is -2.26. The standard InChI is InChI=1S/C14H19FO2/c15-14-4-2-1-3-13(14)12(10-16)9-11-5-7-17-8-6-11/h1-4,11-12,16H,5-10H2. The first-order valence-corrected chi connectivity index (χ1v) is 6.24. The van der Waals surface area contributed by atoms with E-state index in [-0.39, 0.29) is 18.3 Å². The molecule has 1 aliphatic rings. The van der Waals surface area contributed by atoms with Crippen LogP contribution in [-0.2, 0) is 4.74 Å². The van der Waals surface area contributed by atoms with Crippen LogP contribution in [0, 0.1) is 11.7 Å². The molecular weight excluding hydrogens is 219 g/mol. The van der Waals surface area contributed by atoms with E-state index in [2.05, 4.69) is 0 Å². The second kappa shape index (κ2) is 6.12. The van der Waals surface area contributed by atoms with Crippen molar-refractivity contribution < 1.29 is 14.2 Å². The molecule has 0 bridgehead atoms. The number of rotatable bonds is 4. The molecule has 1 saturated heterocycles. The van der Waals surface area contributed by atoms with E-state index in [1.54, 1.807) is 12.1 Å². The molecule has 1 aromatic carbocycles. The van der Waals surface area contributed by atoms with Gasteiger partial charge in [-0.1, -0.05) is 18.2 Å². The van der Waals surface area contributed by atoms with Crippen LogP contribution in [0.4, 0.5) is 4.39 Å². The summed E-state index contributed by atoms with van der Waals surface area (Å²) >= 11 is 0. The lowest BCUT2D eigenvalue weighted by atomic mass is 9.85. The van der Waals surface area contributed by atoms with Crippen molar-refractivity contribution in [1.29, 1.82) is 0 Å². The van der Waals surface area contributed by atoms with Gasteiger partial charge < -0.3 is 9.84 Å². The van der Waals surface area contributed by atoms with E-state index in [0.717, 1.165) is 32.5 Å². The Bertz CT molecular complexity index is 348. The van der Waals surface area contributed by atoms with Gasteiger partial charge in [-0.25, -0.2) is 4.39 Å². The fraction of sp³-hybridized carbons (Fsp3) is 0.571. The molecule has 1 aromatic rings. The molecule has 0 radical (unpaired) electrons. The van der Waals surface area contributed by atoms with Gasteiger partial charge in [-0.15, -0.1) is 0 Å². The molecule has 1 aliphatic heterocycles. The van der Waals surface area contributed by atoms with Gasteiger partial charge in [-0.2, -0.15) is 0 Å². The maximum Gasteiger partial charge on any atom is 0.126 e. The van der Waals surface area contributed by atoms with Crippen LogP contribution in [0.3, 0.4) is 0 Å². The van der Waals surface area contributed by atoms with E-state index in [0.29, 0.717) is 11.5 Å². The highest BCUT2D eigenvalue weighted by Crippen LogP contribution is 2.30. The summed E-state index contributed by atoms with van der Waals surface area (Å²) in [5.41, 5.74) is 0.640. The highest BCUT2D eigenvalue weighted by atomic mass is 19.1. The smallest absolute Gasteiger partial charge is 0.126 e. The summed E-state index contributed by atoms with van der Waals surface area (Å²) in [5.74, 6) is 0.249. The van der Waals surface area contributed by atoms with Gasteiger partial charge in [0, 0.05) is 19.1 Å². The first-order valence-electron chi connectivity index (χ1n) is 6.24. The lowest BCUT2D eigenvalue weighted by molar-refractivity contribution is 0.0590. The van der Waals surface area contributed by atoms with Crippen molar-refractivity contribution in [1.82, 2.24) is 0 Å². The van der Waals surface area contributed by atoms with E-state index >= 15 is 0 Å². The van der Waals surface area contributed by atoms with E-state index in [1.165, 1.54) is 6.07 Å². The molecule has 94 valence electrons. The van der Waals surface area contributed by atoms with Crippen molar-refractivity contribution in [3.8, 4) is 0 Å².